The number of nitrogens with one attached hydrogen (secondary N) is 3. The summed E-state index contributed by atoms with van der Waals surface area (Å²) in [6.07, 6.45) is 4.46. The average molecular weight is 339 g/mol. The lowest BCUT2D eigenvalue weighted by atomic mass is 10.2. The summed E-state index contributed by atoms with van der Waals surface area (Å²) in [5, 5.41) is 9.17. The van der Waals surface area contributed by atoms with Crippen LogP contribution in [0.25, 0.3) is 0 Å². The van der Waals surface area contributed by atoms with Crippen LogP contribution in [0.15, 0.2) is 45.7 Å². The van der Waals surface area contributed by atoms with Gasteiger partial charge in [0.05, 0.1) is 17.8 Å². The molecule has 9 heteroatoms. The van der Waals surface area contributed by atoms with Crippen LogP contribution in [-0.4, -0.2) is 30.2 Å². The molecule has 0 bridgehead atoms. The first-order valence-corrected chi connectivity index (χ1v) is 7.02. The zero-order valence-corrected chi connectivity index (χ0v) is 13.6. The molecule has 1 aromatic rings. The fourth-order valence-electron chi connectivity index (χ4n) is 1.64. The number of carbonyl (C=O) groups excluding carboxylic acids is 1. The Morgan fingerprint density at radius 3 is 2.74 bits per heavy atom. The lowest BCUT2D eigenvalue weighted by molar-refractivity contribution is 0.0959. The number of aromatic nitrogens is 1. The molecule has 0 aliphatic heterocycles. The van der Waals surface area contributed by atoms with Crippen molar-refractivity contribution in [2.75, 3.05) is 13.6 Å². The lowest BCUT2D eigenvalue weighted by Crippen LogP contribution is -2.34. The van der Waals surface area contributed by atoms with E-state index in [0.29, 0.717) is 11.4 Å². The predicted octanol–water partition coefficient (Wildman–Crippen LogP) is 0.0386. The van der Waals surface area contributed by atoms with Crippen molar-refractivity contribution in [2.24, 2.45) is 16.7 Å². The SMILES string of the molecule is CNC(=CC(C)=CN)C(CNC(=O)c1c[nH]c(=O)c(Cl)c1)=NN. The number of hydrogen-bond donors (Lipinski definition) is 5. The number of rotatable bonds is 6. The maximum atomic E-state index is 12.1. The van der Waals surface area contributed by atoms with Crippen molar-refractivity contribution in [1.82, 2.24) is 15.6 Å². The van der Waals surface area contributed by atoms with E-state index in [-0.39, 0.29) is 17.1 Å². The lowest BCUT2D eigenvalue weighted by Gasteiger charge is -2.11. The van der Waals surface area contributed by atoms with Crippen LogP contribution in [0, 0.1) is 0 Å². The topological polar surface area (TPSA) is 138 Å². The van der Waals surface area contributed by atoms with Gasteiger partial charge in [0.25, 0.3) is 11.5 Å². The number of hydrogen-bond acceptors (Lipinski definition) is 6. The molecule has 0 saturated heterocycles. The molecule has 0 unspecified atom stereocenters. The van der Waals surface area contributed by atoms with Crippen molar-refractivity contribution in [3.05, 3.63) is 56.7 Å². The number of nitrogens with two attached hydrogens (primary N) is 2. The number of carbonyl (C=O) groups is 1. The molecule has 1 rings (SSSR count). The van der Waals surface area contributed by atoms with Crippen molar-refractivity contribution in [3.8, 4) is 0 Å². The summed E-state index contributed by atoms with van der Waals surface area (Å²) in [6.45, 7) is 1.89. The van der Waals surface area contributed by atoms with Crippen LogP contribution in [0.1, 0.15) is 17.3 Å². The molecule has 0 atom stereocenters. The average Bonchev–Trinajstić information content (AvgIpc) is 2.55. The highest BCUT2D eigenvalue weighted by Crippen LogP contribution is 2.04. The van der Waals surface area contributed by atoms with Gasteiger partial charge in [-0.2, -0.15) is 5.10 Å². The Morgan fingerprint density at radius 2 is 2.22 bits per heavy atom. The molecule has 0 aromatic carbocycles. The molecule has 0 aliphatic carbocycles. The highest BCUT2D eigenvalue weighted by molar-refractivity contribution is 6.30. The van der Waals surface area contributed by atoms with Crippen LogP contribution >= 0.6 is 11.6 Å². The van der Waals surface area contributed by atoms with E-state index < -0.39 is 11.5 Å². The molecule has 1 amide bonds. The smallest absolute Gasteiger partial charge is 0.266 e. The Bertz CT molecular complexity index is 720. The Morgan fingerprint density at radius 1 is 1.52 bits per heavy atom. The summed E-state index contributed by atoms with van der Waals surface area (Å²) in [5.41, 5.74) is 7.03. The zero-order valence-electron chi connectivity index (χ0n) is 12.8. The number of amides is 1. The number of hydrazone groups is 1. The van der Waals surface area contributed by atoms with Gasteiger partial charge >= 0.3 is 0 Å². The Hall–Kier alpha value is -2.74. The third kappa shape index (κ3) is 5.19. The van der Waals surface area contributed by atoms with E-state index in [1.807, 2.05) is 6.92 Å². The first kappa shape index (κ1) is 18.3. The van der Waals surface area contributed by atoms with Gasteiger partial charge in [-0.15, -0.1) is 0 Å². The summed E-state index contributed by atoms with van der Waals surface area (Å²) >= 11 is 5.69. The summed E-state index contributed by atoms with van der Waals surface area (Å²) in [6, 6.07) is 1.28. The summed E-state index contributed by atoms with van der Waals surface area (Å²) in [5.74, 6) is 4.95. The Kier molecular flexibility index (Phi) is 6.88. The number of H-pyrrole nitrogens is 1. The molecule has 1 heterocycles. The zero-order chi connectivity index (χ0) is 17.4. The van der Waals surface area contributed by atoms with Gasteiger partial charge in [-0.25, -0.2) is 0 Å². The van der Waals surface area contributed by atoms with Crippen LogP contribution < -0.4 is 27.8 Å². The van der Waals surface area contributed by atoms with Crippen LogP contribution in [-0.2, 0) is 0 Å². The highest BCUT2D eigenvalue weighted by atomic mass is 35.5. The van der Waals surface area contributed by atoms with Crippen LogP contribution in [0.3, 0.4) is 0 Å². The highest BCUT2D eigenvalue weighted by Gasteiger charge is 2.11. The molecule has 23 heavy (non-hydrogen) atoms. The molecule has 0 radical (unpaired) electrons. The molecule has 124 valence electrons. The van der Waals surface area contributed by atoms with E-state index in [4.69, 9.17) is 23.2 Å². The van der Waals surface area contributed by atoms with Gasteiger partial charge in [-0.1, -0.05) is 11.6 Å². The van der Waals surface area contributed by atoms with E-state index in [1.165, 1.54) is 18.5 Å². The maximum Gasteiger partial charge on any atom is 0.266 e. The van der Waals surface area contributed by atoms with Crippen molar-refractivity contribution in [1.29, 1.82) is 0 Å². The number of pyridine rings is 1. The second kappa shape index (κ2) is 8.64. The van der Waals surface area contributed by atoms with Gasteiger partial charge in [-0.3, -0.25) is 9.59 Å². The second-order valence-electron chi connectivity index (χ2n) is 4.54. The fourth-order valence-corrected chi connectivity index (χ4v) is 1.81. The molecule has 0 spiro atoms. The summed E-state index contributed by atoms with van der Waals surface area (Å²) in [4.78, 5) is 25.6. The van der Waals surface area contributed by atoms with Gasteiger partial charge < -0.3 is 27.2 Å². The standard InChI is InChI=1S/C14H19ClN6O2/c1-8(5-16)3-11(18-2)12(21-17)7-20-13(22)9-4-10(15)14(23)19-6-9/h3-6,18H,7,16-17H2,1-2H3,(H,19,23)(H,20,22). The summed E-state index contributed by atoms with van der Waals surface area (Å²) in [7, 11) is 1.70. The number of aromatic amines is 1. The number of halogens is 1. The van der Waals surface area contributed by atoms with Crippen LogP contribution in [0.5, 0.6) is 0 Å². The quantitative estimate of drug-likeness (QED) is 0.216. The normalized spacial score (nSPS) is 12.9. The number of allylic oxidation sites excluding steroid dienone is 2. The number of nitrogens with zero attached hydrogens (tertiary/aromatic N) is 1. The molecule has 0 aliphatic rings. The van der Waals surface area contributed by atoms with Crippen LogP contribution in [0.2, 0.25) is 5.02 Å². The van der Waals surface area contributed by atoms with Crippen LogP contribution in [0.4, 0.5) is 0 Å². The van der Waals surface area contributed by atoms with E-state index in [0.717, 1.165) is 5.57 Å². The first-order valence-electron chi connectivity index (χ1n) is 6.64. The summed E-state index contributed by atoms with van der Waals surface area (Å²) < 4.78 is 0. The minimum absolute atomic E-state index is 0.0649. The van der Waals surface area contributed by atoms with Crippen molar-refractivity contribution in [3.63, 3.8) is 0 Å². The van der Waals surface area contributed by atoms with E-state index >= 15 is 0 Å². The fraction of sp³-hybridized carbons (Fsp3) is 0.214. The molecule has 0 saturated carbocycles. The molecular formula is C14H19ClN6O2. The predicted molar refractivity (Wildman–Crippen MR) is 91.1 cm³/mol. The maximum absolute atomic E-state index is 12.1. The Labute approximate surface area is 138 Å². The van der Waals surface area contributed by atoms with E-state index in [2.05, 4.69) is 20.7 Å². The van der Waals surface area contributed by atoms with E-state index in [1.54, 1.807) is 13.1 Å². The monoisotopic (exact) mass is 338 g/mol. The largest absolute Gasteiger partial charge is 0.404 e. The molecular weight excluding hydrogens is 320 g/mol. The van der Waals surface area contributed by atoms with Crippen molar-refractivity contribution < 1.29 is 4.79 Å². The third-order valence-electron chi connectivity index (χ3n) is 2.91. The van der Waals surface area contributed by atoms with Gasteiger partial charge in [-0.05, 0) is 30.8 Å². The van der Waals surface area contributed by atoms with Gasteiger partial charge in [0.2, 0.25) is 0 Å². The minimum Gasteiger partial charge on any atom is -0.404 e. The molecule has 0 fully saturated rings. The first-order chi connectivity index (χ1) is 10.9. The second-order valence-corrected chi connectivity index (χ2v) is 4.95. The van der Waals surface area contributed by atoms with E-state index in [9.17, 15) is 9.59 Å². The van der Waals surface area contributed by atoms with Gasteiger partial charge in [0, 0.05) is 13.2 Å². The Balaban J connectivity index is 2.85. The third-order valence-corrected chi connectivity index (χ3v) is 3.19. The minimum atomic E-state index is -0.461. The molecule has 8 nitrogen and oxygen atoms in total. The molecule has 7 N–H and O–H groups in total. The van der Waals surface area contributed by atoms with Gasteiger partial charge in [0.15, 0.2) is 0 Å². The van der Waals surface area contributed by atoms with Crippen molar-refractivity contribution in [2.45, 2.75) is 6.92 Å². The molecule has 1 aromatic heterocycles. The van der Waals surface area contributed by atoms with Gasteiger partial charge in [0.1, 0.15) is 10.7 Å². The van der Waals surface area contributed by atoms with Crippen molar-refractivity contribution >= 4 is 23.2 Å².